The molecule has 3 N–H and O–H groups in total. The molecule has 13 nitrogen and oxygen atoms in total. The van der Waals surface area contributed by atoms with Crippen LogP contribution in [0.4, 0.5) is 0 Å². The number of carbonyl (C=O) groups is 4. The normalized spacial score (nSPS) is 19.5. The molecule has 2 aliphatic heterocycles. The van der Waals surface area contributed by atoms with Gasteiger partial charge in [0.05, 0.1) is 17.9 Å². The molecule has 4 aliphatic rings. The molecule has 0 bridgehead atoms. The number of imidazole rings is 1. The highest BCUT2D eigenvalue weighted by molar-refractivity contribution is 5.91. The van der Waals surface area contributed by atoms with Crippen molar-refractivity contribution in [2.75, 3.05) is 13.1 Å². The summed E-state index contributed by atoms with van der Waals surface area (Å²) in [6, 6.07) is 33.0. The molecule has 62 heavy (non-hydrogen) atoms. The van der Waals surface area contributed by atoms with E-state index in [1.807, 2.05) is 96.0 Å². The van der Waals surface area contributed by atoms with E-state index in [0.29, 0.717) is 31.2 Å². The minimum absolute atomic E-state index is 0.00393. The first-order valence-corrected chi connectivity index (χ1v) is 21.8. The Morgan fingerprint density at radius 3 is 1.61 bits per heavy atom. The monoisotopic (exact) mass is 828 g/mol. The fourth-order valence-electron chi connectivity index (χ4n) is 8.81. The van der Waals surface area contributed by atoms with E-state index in [1.165, 1.54) is 0 Å². The average Bonchev–Trinajstić information content (AvgIpc) is 4.07. The third-order valence-electron chi connectivity index (χ3n) is 12.6. The van der Waals surface area contributed by atoms with Crippen molar-refractivity contribution in [3.8, 4) is 33.8 Å². The molecule has 13 heteroatoms. The van der Waals surface area contributed by atoms with Gasteiger partial charge in [0.15, 0.2) is 0 Å². The number of H-pyrrole nitrogens is 1. The van der Waals surface area contributed by atoms with Gasteiger partial charge in [0, 0.05) is 30.5 Å². The predicted octanol–water partition coefficient (Wildman–Crippen LogP) is 7.66. The molecule has 10 rings (SSSR count). The molecule has 2 aliphatic carbocycles. The summed E-state index contributed by atoms with van der Waals surface area (Å²) in [5.41, 5.74) is 6.20. The van der Waals surface area contributed by atoms with Gasteiger partial charge >= 0.3 is 0 Å². The lowest BCUT2D eigenvalue weighted by molar-refractivity contribution is -0.138. The van der Waals surface area contributed by atoms with Gasteiger partial charge < -0.3 is 29.9 Å². The van der Waals surface area contributed by atoms with Crippen molar-refractivity contribution in [2.24, 2.45) is 11.8 Å². The van der Waals surface area contributed by atoms with E-state index in [-0.39, 0.29) is 47.5 Å². The number of nitrogens with zero attached hydrogens (tertiary/aromatic N) is 5. The molecule has 4 amide bonds. The zero-order valence-corrected chi connectivity index (χ0v) is 34.3. The summed E-state index contributed by atoms with van der Waals surface area (Å²) < 4.78 is 5.79. The van der Waals surface area contributed by atoms with Gasteiger partial charge in [0.2, 0.25) is 35.3 Å². The number of nitrogens with one attached hydrogen (secondary N) is 3. The minimum Gasteiger partial charge on any atom is -0.340 e. The van der Waals surface area contributed by atoms with Crippen LogP contribution >= 0.6 is 0 Å². The molecule has 2 aromatic heterocycles. The van der Waals surface area contributed by atoms with Gasteiger partial charge in [-0.05, 0) is 79.2 Å². The van der Waals surface area contributed by atoms with Crippen LogP contribution in [0.3, 0.4) is 0 Å². The van der Waals surface area contributed by atoms with Crippen LogP contribution in [0.5, 0.6) is 0 Å². The zero-order valence-electron chi connectivity index (χ0n) is 34.3. The van der Waals surface area contributed by atoms with Crippen molar-refractivity contribution in [1.82, 2.24) is 40.5 Å². The summed E-state index contributed by atoms with van der Waals surface area (Å²) in [7, 11) is 0. The number of carbonyl (C=O) groups excluding carboxylic acids is 4. The molecular weight excluding hydrogens is 781 g/mol. The van der Waals surface area contributed by atoms with Crippen molar-refractivity contribution in [2.45, 2.75) is 75.5 Å². The lowest BCUT2D eigenvalue weighted by atomic mass is 10.0. The molecule has 0 spiro atoms. The maximum Gasteiger partial charge on any atom is 0.250 e. The highest BCUT2D eigenvalue weighted by Gasteiger charge is 2.41. The van der Waals surface area contributed by atoms with E-state index in [0.717, 1.165) is 89.8 Å². The second-order valence-corrected chi connectivity index (χ2v) is 16.9. The Bertz CT molecular complexity index is 2390. The fourth-order valence-corrected chi connectivity index (χ4v) is 8.81. The minimum atomic E-state index is -0.780. The number of hydrogen-bond acceptors (Lipinski definition) is 8. The number of aromatic nitrogens is 4. The van der Waals surface area contributed by atoms with Crippen molar-refractivity contribution in [1.29, 1.82) is 0 Å². The van der Waals surface area contributed by atoms with E-state index < -0.39 is 12.1 Å². The summed E-state index contributed by atoms with van der Waals surface area (Å²) in [6.07, 6.45) is 8.38. The van der Waals surface area contributed by atoms with Crippen LogP contribution in [0.2, 0.25) is 0 Å². The SMILES string of the molecule is O=C(N[C@@H](C(=O)N1CCC[C@H]1c1ncc(-c2ccc(-c3ccc(-c4noc([C@@H]5CCCN5C(=O)[C@H](NC(=O)C5CC5)c5ccccc5)n4)cc3)cc2)[nH]1)c1ccccc1)C1CC1. The van der Waals surface area contributed by atoms with Crippen molar-refractivity contribution >= 4 is 23.6 Å². The first kappa shape index (κ1) is 39.3. The summed E-state index contributed by atoms with van der Waals surface area (Å²) in [5.74, 6) is 1.11. The van der Waals surface area contributed by atoms with Crippen LogP contribution in [0.1, 0.15) is 98.4 Å². The van der Waals surface area contributed by atoms with Gasteiger partial charge in [-0.25, -0.2) is 4.98 Å². The summed E-state index contributed by atoms with van der Waals surface area (Å²) in [5, 5.41) is 10.4. The molecule has 2 saturated carbocycles. The number of likely N-dealkylation sites (tertiary alicyclic amines) is 2. The van der Waals surface area contributed by atoms with Crippen molar-refractivity contribution in [3.05, 3.63) is 138 Å². The van der Waals surface area contributed by atoms with Gasteiger partial charge in [-0.2, -0.15) is 4.98 Å². The molecule has 4 fully saturated rings. The largest absolute Gasteiger partial charge is 0.340 e. The summed E-state index contributed by atoms with van der Waals surface area (Å²) in [4.78, 5) is 70.4. The van der Waals surface area contributed by atoms with Crippen LogP contribution in [0.25, 0.3) is 33.8 Å². The lowest BCUT2D eigenvalue weighted by Gasteiger charge is -2.28. The first-order chi connectivity index (χ1) is 30.4. The van der Waals surface area contributed by atoms with Crippen LogP contribution in [0, 0.1) is 11.8 Å². The van der Waals surface area contributed by atoms with E-state index in [1.54, 1.807) is 4.90 Å². The Morgan fingerprint density at radius 1 is 0.597 bits per heavy atom. The summed E-state index contributed by atoms with van der Waals surface area (Å²) in [6.45, 7) is 1.14. The number of rotatable bonds is 13. The maximum absolute atomic E-state index is 14.1. The Balaban J connectivity index is 0.797. The maximum atomic E-state index is 14.1. The van der Waals surface area contributed by atoms with Crippen LogP contribution in [0.15, 0.2) is 120 Å². The van der Waals surface area contributed by atoms with E-state index in [2.05, 4.69) is 45.0 Å². The first-order valence-electron chi connectivity index (χ1n) is 21.8. The van der Waals surface area contributed by atoms with Gasteiger partial charge in [-0.15, -0.1) is 0 Å². The molecule has 4 aromatic carbocycles. The smallest absolute Gasteiger partial charge is 0.250 e. The molecule has 0 radical (unpaired) electrons. The van der Waals surface area contributed by atoms with Crippen LogP contribution < -0.4 is 10.6 Å². The molecule has 2 saturated heterocycles. The average molecular weight is 829 g/mol. The van der Waals surface area contributed by atoms with Gasteiger partial charge in [0.25, 0.3) is 0 Å². The fraction of sp³-hybridized carbons (Fsp3) is 0.327. The number of aromatic amines is 1. The zero-order chi connectivity index (χ0) is 42.2. The molecule has 0 unspecified atom stereocenters. The predicted molar refractivity (Wildman–Crippen MR) is 230 cm³/mol. The Kier molecular flexibility index (Phi) is 10.7. The van der Waals surface area contributed by atoms with Crippen LogP contribution in [-0.4, -0.2) is 66.6 Å². The molecule has 4 heterocycles. The number of benzene rings is 4. The highest BCUT2D eigenvalue weighted by atomic mass is 16.5. The topological polar surface area (TPSA) is 166 Å². The lowest BCUT2D eigenvalue weighted by Crippen LogP contribution is -2.43. The van der Waals surface area contributed by atoms with Gasteiger partial charge in [-0.1, -0.05) is 114 Å². The standard InChI is InChI=1S/C49H48N8O5/c58-45(36-23-24-36)52-41(33-9-3-1-4-10-33)48(60)56-27-7-13-39(56)44-50-29-38(51-44)32-19-15-30(16-20-32)31-17-21-35(22-18-31)43-54-47(62-55-43)40-14-8-28-57(40)49(61)42(34-11-5-2-6-12-34)53-46(59)37-25-26-37/h1-6,9-12,15-22,29,36-37,39-42H,7-8,13-14,23-28H2,(H,50,51)(H,52,58)(H,53,59)/t39-,40-,41+,42+/m0/s1. The van der Waals surface area contributed by atoms with Gasteiger partial charge in [-0.3, -0.25) is 19.2 Å². The van der Waals surface area contributed by atoms with E-state index in [9.17, 15) is 19.2 Å². The third kappa shape index (κ3) is 8.14. The van der Waals surface area contributed by atoms with Gasteiger partial charge in [0.1, 0.15) is 23.9 Å². The summed E-state index contributed by atoms with van der Waals surface area (Å²) >= 11 is 0. The Labute approximate surface area is 359 Å². The highest BCUT2D eigenvalue weighted by Crippen LogP contribution is 2.38. The quantitative estimate of drug-likeness (QED) is 0.107. The van der Waals surface area contributed by atoms with E-state index >= 15 is 0 Å². The number of amides is 4. The number of hydrogen-bond donors (Lipinski definition) is 3. The molecule has 6 aromatic rings. The molecular formula is C49H48N8O5. The molecule has 314 valence electrons. The van der Waals surface area contributed by atoms with E-state index in [4.69, 9.17) is 14.5 Å². The second-order valence-electron chi connectivity index (χ2n) is 16.9. The van der Waals surface area contributed by atoms with Crippen LogP contribution in [-0.2, 0) is 19.2 Å². The Morgan fingerprint density at radius 2 is 1.08 bits per heavy atom. The second kappa shape index (κ2) is 16.9. The Hall–Kier alpha value is -6.89. The van der Waals surface area contributed by atoms with Crippen molar-refractivity contribution < 1.29 is 23.7 Å². The van der Waals surface area contributed by atoms with Crippen molar-refractivity contribution in [3.63, 3.8) is 0 Å². The molecule has 4 atom stereocenters. The third-order valence-corrected chi connectivity index (χ3v) is 12.6.